The summed E-state index contributed by atoms with van der Waals surface area (Å²) < 4.78 is 23.3. The summed E-state index contributed by atoms with van der Waals surface area (Å²) in [6, 6.07) is 9.89. The number of likely N-dealkylation sites (tertiary alicyclic amines) is 1. The van der Waals surface area contributed by atoms with Gasteiger partial charge < -0.3 is 10.6 Å². The van der Waals surface area contributed by atoms with Crippen molar-refractivity contribution in [3.05, 3.63) is 36.0 Å². The molecule has 2 aromatic rings. The van der Waals surface area contributed by atoms with E-state index in [0.717, 1.165) is 35.1 Å². The third-order valence-electron chi connectivity index (χ3n) is 6.24. The largest absolute Gasteiger partial charge is 0.397 e. The molecule has 7 nitrogen and oxygen atoms in total. The van der Waals surface area contributed by atoms with Crippen LogP contribution >= 0.6 is 0 Å². The maximum absolute atomic E-state index is 12.7. The molecule has 29 heavy (non-hydrogen) atoms. The number of amides is 1. The minimum Gasteiger partial charge on any atom is -0.397 e. The van der Waals surface area contributed by atoms with Gasteiger partial charge in [-0.1, -0.05) is 18.2 Å². The van der Waals surface area contributed by atoms with Gasteiger partial charge in [0.25, 0.3) is 0 Å². The number of nitrogens with two attached hydrogens (primary N) is 1. The number of benzene rings is 1. The molecule has 2 fully saturated rings. The van der Waals surface area contributed by atoms with E-state index in [1.807, 2.05) is 47.2 Å². The number of hydrogen-bond donors (Lipinski definition) is 1. The number of anilines is 1. The summed E-state index contributed by atoms with van der Waals surface area (Å²) in [6.07, 6.45) is 2.28. The number of sulfone groups is 1. The summed E-state index contributed by atoms with van der Waals surface area (Å²) in [7, 11) is -1.10. The molecule has 2 saturated heterocycles. The van der Waals surface area contributed by atoms with Gasteiger partial charge in [-0.25, -0.2) is 8.42 Å². The average Bonchev–Trinajstić information content (AvgIpc) is 3.07. The van der Waals surface area contributed by atoms with Gasteiger partial charge in [-0.3, -0.25) is 14.7 Å². The van der Waals surface area contributed by atoms with E-state index in [4.69, 9.17) is 10.7 Å². The fraction of sp³-hybridized carbons (Fsp3) is 0.524. The van der Waals surface area contributed by atoms with Gasteiger partial charge in [0.2, 0.25) is 5.91 Å². The highest BCUT2D eigenvalue weighted by Gasteiger charge is 2.33. The topological polar surface area (TPSA) is 96.6 Å². The molecule has 2 N–H and O–H groups in total. The molecule has 2 aliphatic heterocycles. The maximum atomic E-state index is 12.7. The van der Waals surface area contributed by atoms with Crippen molar-refractivity contribution in [1.29, 1.82) is 0 Å². The first kappa shape index (κ1) is 20.1. The van der Waals surface area contributed by atoms with Crippen LogP contribution in [0.2, 0.25) is 0 Å². The molecular formula is C21H28N4O3S. The Morgan fingerprint density at radius 3 is 2.66 bits per heavy atom. The van der Waals surface area contributed by atoms with Crippen LogP contribution in [-0.4, -0.2) is 73.3 Å². The number of fused-ring (bicyclic) bond motifs is 1. The van der Waals surface area contributed by atoms with E-state index in [1.165, 1.54) is 0 Å². The van der Waals surface area contributed by atoms with Crippen molar-refractivity contribution in [3.63, 3.8) is 0 Å². The molecule has 156 valence electrons. The number of nitrogens with zero attached hydrogens (tertiary/aromatic N) is 3. The number of carbonyl (C=O) groups is 1. The van der Waals surface area contributed by atoms with Gasteiger partial charge >= 0.3 is 0 Å². The van der Waals surface area contributed by atoms with Crippen LogP contribution in [0.1, 0.15) is 30.9 Å². The molecule has 1 unspecified atom stereocenters. The third-order valence-corrected chi connectivity index (χ3v) is 7.99. The van der Waals surface area contributed by atoms with Gasteiger partial charge in [0.15, 0.2) is 9.84 Å². The number of nitrogen functional groups attached to an aromatic ring is 1. The highest BCUT2D eigenvalue weighted by Crippen LogP contribution is 2.32. The fourth-order valence-electron chi connectivity index (χ4n) is 4.44. The minimum absolute atomic E-state index is 0.0527. The van der Waals surface area contributed by atoms with Crippen LogP contribution in [0, 0.1) is 0 Å². The number of pyridine rings is 1. The SMILES string of the molecule is CN(CC(=O)N1CCC(c2nc3ccccc3cc2N)CC1)C1CCS(=O)(=O)C1. The lowest BCUT2D eigenvalue weighted by atomic mass is 9.91. The molecule has 1 amide bonds. The highest BCUT2D eigenvalue weighted by atomic mass is 32.2. The van der Waals surface area contributed by atoms with Gasteiger partial charge in [0, 0.05) is 30.4 Å². The maximum Gasteiger partial charge on any atom is 0.236 e. The van der Waals surface area contributed by atoms with Crippen LogP contribution < -0.4 is 5.73 Å². The van der Waals surface area contributed by atoms with Crippen LogP contribution in [0.5, 0.6) is 0 Å². The van der Waals surface area contributed by atoms with Crippen molar-refractivity contribution in [3.8, 4) is 0 Å². The summed E-state index contributed by atoms with van der Waals surface area (Å²) in [4.78, 5) is 21.3. The van der Waals surface area contributed by atoms with Crippen LogP contribution in [0.3, 0.4) is 0 Å². The molecule has 0 radical (unpaired) electrons. The van der Waals surface area contributed by atoms with Crippen molar-refractivity contribution in [2.24, 2.45) is 0 Å². The highest BCUT2D eigenvalue weighted by molar-refractivity contribution is 7.91. The van der Waals surface area contributed by atoms with Gasteiger partial charge in [-0.05, 0) is 38.4 Å². The molecule has 3 heterocycles. The first-order valence-corrected chi connectivity index (χ1v) is 12.0. The van der Waals surface area contributed by atoms with Gasteiger partial charge in [0.1, 0.15) is 0 Å². The Kier molecular flexibility index (Phi) is 5.48. The quantitative estimate of drug-likeness (QED) is 0.814. The van der Waals surface area contributed by atoms with Crippen LogP contribution in [0.4, 0.5) is 5.69 Å². The molecule has 4 rings (SSSR count). The Morgan fingerprint density at radius 2 is 1.97 bits per heavy atom. The predicted octanol–water partition coefficient (Wildman–Crippen LogP) is 1.64. The Bertz CT molecular complexity index is 1020. The zero-order valence-corrected chi connectivity index (χ0v) is 17.6. The van der Waals surface area contributed by atoms with Crippen molar-refractivity contribution in [2.75, 3.05) is 43.9 Å². The lowest BCUT2D eigenvalue weighted by Gasteiger charge is -2.34. The van der Waals surface area contributed by atoms with Crippen molar-refractivity contribution in [2.45, 2.75) is 31.2 Å². The normalized spacial score (nSPS) is 22.4. The van der Waals surface area contributed by atoms with E-state index < -0.39 is 9.84 Å². The molecular weight excluding hydrogens is 388 g/mol. The standard InChI is InChI=1S/C21H28N4O3S/c1-24(17-8-11-29(27,28)14-17)13-20(26)25-9-6-15(7-10-25)21-18(22)12-16-4-2-3-5-19(16)23-21/h2-5,12,15,17H,6-11,13-14,22H2,1H3. The Balaban J connectivity index is 1.36. The predicted molar refractivity (Wildman–Crippen MR) is 114 cm³/mol. The Morgan fingerprint density at radius 1 is 1.24 bits per heavy atom. The summed E-state index contributed by atoms with van der Waals surface area (Å²) >= 11 is 0. The van der Waals surface area contributed by atoms with E-state index in [9.17, 15) is 13.2 Å². The van der Waals surface area contributed by atoms with E-state index in [1.54, 1.807) is 0 Å². The average molecular weight is 417 g/mol. The number of likely N-dealkylation sites (N-methyl/N-ethyl adjacent to an activating group) is 1. The van der Waals surface area contributed by atoms with E-state index >= 15 is 0 Å². The number of carbonyl (C=O) groups excluding carboxylic acids is 1. The van der Waals surface area contributed by atoms with Gasteiger partial charge in [0.05, 0.1) is 34.9 Å². The lowest BCUT2D eigenvalue weighted by molar-refractivity contribution is -0.133. The second-order valence-corrected chi connectivity index (χ2v) is 10.5. The van der Waals surface area contributed by atoms with Crippen molar-refractivity contribution in [1.82, 2.24) is 14.8 Å². The molecule has 8 heteroatoms. The smallest absolute Gasteiger partial charge is 0.236 e. The fourth-order valence-corrected chi connectivity index (χ4v) is 6.25. The second-order valence-electron chi connectivity index (χ2n) is 8.28. The number of aromatic nitrogens is 1. The molecule has 1 aromatic carbocycles. The first-order valence-electron chi connectivity index (χ1n) is 10.2. The first-order chi connectivity index (χ1) is 13.8. The van der Waals surface area contributed by atoms with Crippen molar-refractivity contribution >= 4 is 32.3 Å². The summed E-state index contributed by atoms with van der Waals surface area (Å²) in [6.45, 7) is 1.61. The second kappa shape index (κ2) is 7.91. The zero-order valence-electron chi connectivity index (χ0n) is 16.8. The van der Waals surface area contributed by atoms with E-state index in [-0.39, 0.29) is 35.9 Å². The van der Waals surface area contributed by atoms with E-state index in [2.05, 4.69) is 0 Å². The summed E-state index contributed by atoms with van der Waals surface area (Å²) in [5.74, 6) is 0.698. The number of rotatable bonds is 4. The van der Waals surface area contributed by atoms with Crippen molar-refractivity contribution < 1.29 is 13.2 Å². The van der Waals surface area contributed by atoms with E-state index in [0.29, 0.717) is 19.5 Å². The summed E-state index contributed by atoms with van der Waals surface area (Å²) in [5.41, 5.74) is 8.87. The number of para-hydroxylation sites is 1. The van der Waals surface area contributed by atoms with Crippen LogP contribution in [0.15, 0.2) is 30.3 Å². The Labute approximate surface area is 171 Å². The van der Waals surface area contributed by atoms with Crippen LogP contribution in [0.25, 0.3) is 10.9 Å². The van der Waals surface area contributed by atoms with Gasteiger partial charge in [-0.2, -0.15) is 0 Å². The number of hydrogen-bond acceptors (Lipinski definition) is 6. The molecule has 0 saturated carbocycles. The molecule has 0 aliphatic carbocycles. The van der Waals surface area contributed by atoms with Crippen LogP contribution in [-0.2, 0) is 14.6 Å². The lowest BCUT2D eigenvalue weighted by Crippen LogP contribution is -2.45. The molecule has 0 bridgehead atoms. The van der Waals surface area contributed by atoms with Gasteiger partial charge in [-0.15, -0.1) is 0 Å². The third kappa shape index (κ3) is 4.38. The summed E-state index contributed by atoms with van der Waals surface area (Å²) in [5, 5.41) is 1.04. The molecule has 0 spiro atoms. The molecule has 1 aromatic heterocycles. The molecule has 1 atom stereocenters. The molecule has 2 aliphatic rings. The monoisotopic (exact) mass is 416 g/mol. The zero-order chi connectivity index (χ0) is 20.6. The Hall–Kier alpha value is -2.19. The number of piperidine rings is 1. The minimum atomic E-state index is -2.94.